The molecule has 0 heterocycles. The summed E-state index contributed by atoms with van der Waals surface area (Å²) in [5.74, 6) is 0.901. The van der Waals surface area contributed by atoms with Gasteiger partial charge >= 0.3 is 0 Å². The maximum absolute atomic E-state index is 6.11. The van der Waals surface area contributed by atoms with Crippen molar-refractivity contribution in [2.24, 2.45) is 5.92 Å². The molecule has 0 saturated heterocycles. The van der Waals surface area contributed by atoms with E-state index in [4.69, 9.17) is 16.3 Å². The van der Waals surface area contributed by atoms with Crippen molar-refractivity contribution in [1.29, 1.82) is 0 Å². The number of hydrogen-bond donors (Lipinski definition) is 1. The lowest BCUT2D eigenvalue weighted by Gasteiger charge is -2.26. The Labute approximate surface area is 127 Å². The molecule has 112 valence electrons. The third-order valence-corrected chi connectivity index (χ3v) is 4.28. The van der Waals surface area contributed by atoms with Crippen LogP contribution in [0.15, 0.2) is 24.3 Å². The molecule has 2 rings (SSSR count). The van der Waals surface area contributed by atoms with Crippen LogP contribution < -0.4 is 5.32 Å². The second-order valence-electron chi connectivity index (χ2n) is 5.70. The Morgan fingerprint density at radius 2 is 2.25 bits per heavy atom. The van der Waals surface area contributed by atoms with Gasteiger partial charge in [-0.3, -0.25) is 0 Å². The molecule has 1 atom stereocenters. The fourth-order valence-electron chi connectivity index (χ4n) is 2.55. The number of hydrogen-bond acceptors (Lipinski definition) is 2. The van der Waals surface area contributed by atoms with E-state index in [1.165, 1.54) is 31.2 Å². The first kappa shape index (κ1) is 15.8. The van der Waals surface area contributed by atoms with Gasteiger partial charge in [0.2, 0.25) is 0 Å². The molecule has 0 radical (unpaired) electrons. The molecule has 1 aliphatic rings. The van der Waals surface area contributed by atoms with Crippen molar-refractivity contribution in [3.8, 4) is 0 Å². The Morgan fingerprint density at radius 1 is 1.40 bits per heavy atom. The van der Waals surface area contributed by atoms with Gasteiger partial charge in [-0.15, -0.1) is 0 Å². The van der Waals surface area contributed by atoms with Gasteiger partial charge in [0, 0.05) is 18.2 Å². The second kappa shape index (κ2) is 8.66. The van der Waals surface area contributed by atoms with Gasteiger partial charge in [0.05, 0.1) is 6.10 Å². The molecule has 1 aliphatic carbocycles. The van der Waals surface area contributed by atoms with Crippen LogP contribution in [0.2, 0.25) is 5.02 Å². The van der Waals surface area contributed by atoms with E-state index in [9.17, 15) is 0 Å². The van der Waals surface area contributed by atoms with Crippen LogP contribution in [0, 0.1) is 5.92 Å². The molecule has 1 aromatic carbocycles. The molecule has 0 aromatic heterocycles. The van der Waals surface area contributed by atoms with Crippen LogP contribution in [0.4, 0.5) is 0 Å². The summed E-state index contributed by atoms with van der Waals surface area (Å²) in [5, 5.41) is 4.23. The summed E-state index contributed by atoms with van der Waals surface area (Å²) in [7, 11) is 0. The maximum Gasteiger partial charge on any atom is 0.0949 e. The lowest BCUT2D eigenvalue weighted by molar-refractivity contribution is 0.0373. The highest BCUT2D eigenvalue weighted by Crippen LogP contribution is 2.30. The molecule has 0 bridgehead atoms. The third-order valence-electron chi connectivity index (χ3n) is 4.05. The van der Waals surface area contributed by atoms with Crippen molar-refractivity contribution in [2.75, 3.05) is 19.7 Å². The molecular formula is C17H26ClNO. The molecule has 1 N–H and O–H groups in total. The molecule has 2 nitrogen and oxygen atoms in total. The van der Waals surface area contributed by atoms with Gasteiger partial charge in [0.25, 0.3) is 0 Å². The van der Waals surface area contributed by atoms with E-state index in [2.05, 4.69) is 18.3 Å². The predicted molar refractivity (Wildman–Crippen MR) is 85.3 cm³/mol. The summed E-state index contributed by atoms with van der Waals surface area (Å²) in [5.41, 5.74) is 1.18. The zero-order valence-electron chi connectivity index (χ0n) is 12.4. The highest BCUT2D eigenvalue weighted by molar-refractivity contribution is 6.30. The van der Waals surface area contributed by atoms with E-state index in [-0.39, 0.29) is 6.10 Å². The van der Waals surface area contributed by atoms with Crippen molar-refractivity contribution in [1.82, 2.24) is 5.32 Å². The molecule has 20 heavy (non-hydrogen) atoms. The topological polar surface area (TPSA) is 21.3 Å². The lowest BCUT2D eigenvalue weighted by Crippen LogP contribution is -2.25. The molecule has 0 aliphatic heterocycles. The molecule has 3 heteroatoms. The van der Waals surface area contributed by atoms with Crippen molar-refractivity contribution < 1.29 is 4.74 Å². The van der Waals surface area contributed by atoms with E-state index >= 15 is 0 Å². The molecular weight excluding hydrogens is 270 g/mol. The molecule has 1 unspecified atom stereocenters. The zero-order chi connectivity index (χ0) is 14.2. The highest BCUT2D eigenvalue weighted by Gasteiger charge is 2.18. The zero-order valence-corrected chi connectivity index (χ0v) is 13.2. The minimum atomic E-state index is 0.111. The van der Waals surface area contributed by atoms with Crippen LogP contribution in [-0.2, 0) is 4.74 Å². The van der Waals surface area contributed by atoms with Crippen LogP contribution in [-0.4, -0.2) is 19.7 Å². The first-order chi connectivity index (χ1) is 9.79. The van der Waals surface area contributed by atoms with Crippen molar-refractivity contribution >= 4 is 11.6 Å². The summed E-state index contributed by atoms with van der Waals surface area (Å²) in [6.45, 7) is 4.93. The predicted octanol–water partition coefficient (Wildman–Crippen LogP) is 4.59. The summed E-state index contributed by atoms with van der Waals surface area (Å²) in [4.78, 5) is 0. The van der Waals surface area contributed by atoms with Gasteiger partial charge in [-0.25, -0.2) is 0 Å². The van der Waals surface area contributed by atoms with Gasteiger partial charge in [0.1, 0.15) is 0 Å². The molecule has 1 fully saturated rings. The number of rotatable bonds is 9. The summed E-state index contributed by atoms with van der Waals surface area (Å²) < 4.78 is 6.11. The van der Waals surface area contributed by atoms with Crippen molar-refractivity contribution in [2.45, 2.75) is 45.1 Å². The molecule has 1 aromatic rings. The standard InChI is InChI=1S/C17H26ClNO/c1-2-10-19-13-17(15-7-4-8-16(18)12-15)20-11-9-14-5-3-6-14/h4,7-8,12,14,17,19H,2-3,5-6,9-11,13H2,1H3. The summed E-state index contributed by atoms with van der Waals surface area (Å²) in [6.07, 6.45) is 6.63. The Bertz CT molecular complexity index is 392. The first-order valence-electron chi connectivity index (χ1n) is 7.87. The van der Waals surface area contributed by atoms with Crippen molar-refractivity contribution in [3.05, 3.63) is 34.9 Å². The number of benzene rings is 1. The number of halogens is 1. The molecule has 1 saturated carbocycles. The van der Waals surface area contributed by atoms with E-state index in [0.29, 0.717) is 0 Å². The SMILES string of the molecule is CCCNCC(OCCC1CCC1)c1cccc(Cl)c1. The molecule has 0 amide bonds. The summed E-state index contributed by atoms with van der Waals surface area (Å²) in [6, 6.07) is 8.03. The monoisotopic (exact) mass is 295 g/mol. The number of ether oxygens (including phenoxy) is 1. The van der Waals surface area contributed by atoms with E-state index in [1.54, 1.807) is 0 Å². The fourth-order valence-corrected chi connectivity index (χ4v) is 2.75. The minimum absolute atomic E-state index is 0.111. The summed E-state index contributed by atoms with van der Waals surface area (Å²) >= 11 is 6.09. The number of nitrogens with one attached hydrogen (secondary N) is 1. The fraction of sp³-hybridized carbons (Fsp3) is 0.647. The van der Waals surface area contributed by atoms with E-state index in [1.807, 2.05) is 18.2 Å². The highest BCUT2D eigenvalue weighted by atomic mass is 35.5. The average molecular weight is 296 g/mol. The van der Waals surface area contributed by atoms with Gasteiger partial charge in [-0.2, -0.15) is 0 Å². The largest absolute Gasteiger partial charge is 0.372 e. The van der Waals surface area contributed by atoms with Crippen LogP contribution in [0.5, 0.6) is 0 Å². The van der Waals surface area contributed by atoms with Gasteiger partial charge < -0.3 is 10.1 Å². The smallest absolute Gasteiger partial charge is 0.0949 e. The van der Waals surface area contributed by atoms with E-state index in [0.717, 1.165) is 37.1 Å². The van der Waals surface area contributed by atoms with Crippen LogP contribution in [0.3, 0.4) is 0 Å². The Kier molecular flexibility index (Phi) is 6.85. The Balaban J connectivity index is 1.85. The van der Waals surface area contributed by atoms with Gasteiger partial charge in [0.15, 0.2) is 0 Å². The normalized spacial score (nSPS) is 16.9. The van der Waals surface area contributed by atoms with Crippen LogP contribution in [0.1, 0.15) is 50.7 Å². The minimum Gasteiger partial charge on any atom is -0.372 e. The Morgan fingerprint density at radius 3 is 2.90 bits per heavy atom. The van der Waals surface area contributed by atoms with Crippen LogP contribution >= 0.6 is 11.6 Å². The maximum atomic E-state index is 6.11. The van der Waals surface area contributed by atoms with E-state index < -0.39 is 0 Å². The van der Waals surface area contributed by atoms with Crippen LogP contribution in [0.25, 0.3) is 0 Å². The third kappa shape index (κ3) is 5.08. The Hall–Kier alpha value is -0.570. The van der Waals surface area contributed by atoms with Gasteiger partial charge in [-0.05, 0) is 43.0 Å². The average Bonchev–Trinajstić information content (AvgIpc) is 2.39. The quantitative estimate of drug-likeness (QED) is 0.673. The second-order valence-corrected chi connectivity index (χ2v) is 6.14. The lowest BCUT2D eigenvalue weighted by atomic mass is 9.83. The first-order valence-corrected chi connectivity index (χ1v) is 8.25. The van der Waals surface area contributed by atoms with Crippen molar-refractivity contribution in [3.63, 3.8) is 0 Å². The molecule has 0 spiro atoms. The van der Waals surface area contributed by atoms with Gasteiger partial charge in [-0.1, -0.05) is 49.9 Å².